The van der Waals surface area contributed by atoms with Crippen molar-refractivity contribution in [3.63, 3.8) is 0 Å². The van der Waals surface area contributed by atoms with Gasteiger partial charge in [-0.3, -0.25) is 9.10 Å². The quantitative estimate of drug-likeness (QED) is 0.242. The first-order valence-electron chi connectivity index (χ1n) is 11.9. The van der Waals surface area contributed by atoms with Gasteiger partial charge >= 0.3 is 0 Å². The topological polar surface area (TPSA) is 94.2 Å². The molecule has 4 rings (SSSR count). The van der Waals surface area contributed by atoms with E-state index in [-0.39, 0.29) is 16.3 Å². The van der Waals surface area contributed by atoms with Crippen LogP contribution < -0.4 is 23.8 Å². The van der Waals surface area contributed by atoms with Gasteiger partial charge in [0.05, 0.1) is 30.5 Å². The average molecular weight is 567 g/mol. The van der Waals surface area contributed by atoms with Crippen LogP contribution in [0.3, 0.4) is 0 Å². The van der Waals surface area contributed by atoms with Crippen LogP contribution in [0.25, 0.3) is 0 Å². The Morgan fingerprint density at radius 1 is 0.821 bits per heavy atom. The van der Waals surface area contributed by atoms with Crippen LogP contribution in [0, 0.1) is 6.92 Å². The normalized spacial score (nSPS) is 11.0. The van der Waals surface area contributed by atoms with E-state index in [1.165, 1.54) is 32.4 Å². The van der Waals surface area contributed by atoms with E-state index in [1.807, 2.05) is 6.92 Å². The van der Waals surface area contributed by atoms with Crippen LogP contribution in [0.5, 0.6) is 23.0 Å². The maximum Gasteiger partial charge on any atom is 0.264 e. The summed E-state index contributed by atoms with van der Waals surface area (Å²) in [4.78, 5) is 13.4. The second kappa shape index (κ2) is 12.1. The number of ether oxygens (including phenoxy) is 3. The van der Waals surface area contributed by atoms with Crippen molar-refractivity contribution in [2.45, 2.75) is 11.8 Å². The number of para-hydroxylation sites is 2. The summed E-state index contributed by atoms with van der Waals surface area (Å²) in [5, 5.41) is 3.10. The Kier molecular flexibility index (Phi) is 8.63. The minimum atomic E-state index is -4.15. The van der Waals surface area contributed by atoms with Crippen molar-refractivity contribution in [2.24, 2.45) is 0 Å². The number of halogens is 1. The van der Waals surface area contributed by atoms with Crippen LogP contribution in [-0.4, -0.2) is 35.1 Å². The fourth-order valence-corrected chi connectivity index (χ4v) is 5.46. The van der Waals surface area contributed by atoms with Crippen molar-refractivity contribution in [3.05, 3.63) is 102 Å². The highest BCUT2D eigenvalue weighted by Crippen LogP contribution is 2.37. The molecule has 0 saturated carbocycles. The molecule has 0 aliphatic heterocycles. The van der Waals surface area contributed by atoms with Crippen molar-refractivity contribution in [3.8, 4) is 23.0 Å². The first-order chi connectivity index (χ1) is 18.7. The van der Waals surface area contributed by atoms with E-state index in [0.717, 1.165) is 9.87 Å². The molecule has 0 bridgehead atoms. The standard InChI is InChI=1S/C29H27ClN2O6S/c1-20-13-15-26(36-2)24(17-20)32(39(34,35)22-9-5-4-6-10-22)19-29(33)31-23-18-21(30)14-16-25(23)38-28-12-8-7-11-27(28)37-3/h4-18H,19H2,1-3H3,(H,31,33). The van der Waals surface area contributed by atoms with Crippen LogP contribution in [0.1, 0.15) is 5.56 Å². The molecule has 1 N–H and O–H groups in total. The Labute approximate surface area is 232 Å². The first kappa shape index (κ1) is 27.8. The third-order valence-electron chi connectivity index (χ3n) is 5.73. The number of hydrogen-bond donors (Lipinski definition) is 1. The molecule has 1 amide bonds. The molecule has 0 aromatic heterocycles. The molecular formula is C29H27ClN2O6S. The summed E-state index contributed by atoms with van der Waals surface area (Å²) < 4.78 is 45.4. The number of carbonyl (C=O) groups is 1. The minimum absolute atomic E-state index is 0.0318. The predicted octanol–water partition coefficient (Wildman–Crippen LogP) is 6.29. The second-order valence-electron chi connectivity index (χ2n) is 8.44. The second-order valence-corrected chi connectivity index (χ2v) is 10.7. The maximum absolute atomic E-state index is 13.8. The molecule has 0 aliphatic rings. The number of sulfonamides is 1. The number of nitrogens with zero attached hydrogens (tertiary/aromatic N) is 1. The fraction of sp³-hybridized carbons (Fsp3) is 0.138. The predicted molar refractivity (Wildman–Crippen MR) is 152 cm³/mol. The molecule has 0 spiro atoms. The van der Waals surface area contributed by atoms with Crippen molar-refractivity contribution in [2.75, 3.05) is 30.4 Å². The molecule has 0 aliphatic carbocycles. The van der Waals surface area contributed by atoms with Gasteiger partial charge in [-0.15, -0.1) is 0 Å². The van der Waals surface area contributed by atoms with Crippen molar-refractivity contribution in [1.29, 1.82) is 0 Å². The van der Waals surface area contributed by atoms with Gasteiger partial charge in [0.2, 0.25) is 5.91 Å². The summed E-state index contributed by atoms with van der Waals surface area (Å²) in [6, 6.07) is 24.8. The van der Waals surface area contributed by atoms with Gasteiger partial charge < -0.3 is 19.5 Å². The SMILES string of the molecule is COc1ccccc1Oc1ccc(Cl)cc1NC(=O)CN(c1cc(C)ccc1OC)S(=O)(=O)c1ccccc1. The Morgan fingerprint density at radius 2 is 1.46 bits per heavy atom. The van der Waals surface area contributed by atoms with Crippen molar-refractivity contribution >= 4 is 38.9 Å². The van der Waals surface area contributed by atoms with Crippen molar-refractivity contribution < 1.29 is 27.4 Å². The number of methoxy groups -OCH3 is 2. The highest BCUT2D eigenvalue weighted by atomic mass is 35.5. The number of nitrogens with one attached hydrogen (secondary N) is 1. The van der Waals surface area contributed by atoms with E-state index < -0.39 is 22.5 Å². The van der Waals surface area contributed by atoms with E-state index in [9.17, 15) is 13.2 Å². The molecular weight excluding hydrogens is 540 g/mol. The lowest BCUT2D eigenvalue weighted by molar-refractivity contribution is -0.114. The molecule has 0 saturated heterocycles. The van der Waals surface area contributed by atoms with Crippen LogP contribution in [0.4, 0.5) is 11.4 Å². The van der Waals surface area contributed by atoms with E-state index in [0.29, 0.717) is 28.0 Å². The zero-order valence-corrected chi connectivity index (χ0v) is 23.1. The number of aryl methyl sites for hydroxylation is 1. The number of amides is 1. The van der Waals surface area contributed by atoms with Gasteiger partial charge in [0, 0.05) is 5.02 Å². The summed E-state index contributed by atoms with van der Waals surface area (Å²) in [6.07, 6.45) is 0. The zero-order chi connectivity index (χ0) is 28.0. The Hall–Kier alpha value is -4.21. The zero-order valence-electron chi connectivity index (χ0n) is 21.6. The molecule has 0 atom stereocenters. The van der Waals surface area contributed by atoms with Gasteiger partial charge in [-0.2, -0.15) is 0 Å². The average Bonchev–Trinajstić information content (AvgIpc) is 2.94. The molecule has 4 aromatic carbocycles. The number of carbonyl (C=O) groups excluding carboxylic acids is 1. The third-order valence-corrected chi connectivity index (χ3v) is 7.74. The van der Waals surface area contributed by atoms with E-state index in [1.54, 1.807) is 72.8 Å². The molecule has 4 aromatic rings. The Morgan fingerprint density at radius 3 is 2.15 bits per heavy atom. The van der Waals surface area contributed by atoms with Crippen molar-refractivity contribution in [1.82, 2.24) is 0 Å². The van der Waals surface area contributed by atoms with Gasteiger partial charge in [0.15, 0.2) is 17.2 Å². The highest BCUT2D eigenvalue weighted by molar-refractivity contribution is 7.92. The van der Waals surface area contributed by atoms with Gasteiger partial charge in [-0.1, -0.05) is 48.0 Å². The molecule has 0 heterocycles. The number of hydrogen-bond acceptors (Lipinski definition) is 6. The summed E-state index contributed by atoms with van der Waals surface area (Å²) in [6.45, 7) is 1.28. The van der Waals surface area contributed by atoms with E-state index >= 15 is 0 Å². The Balaban J connectivity index is 1.70. The largest absolute Gasteiger partial charge is 0.495 e. The molecule has 10 heteroatoms. The monoisotopic (exact) mass is 566 g/mol. The first-order valence-corrected chi connectivity index (χ1v) is 13.7. The summed E-state index contributed by atoms with van der Waals surface area (Å²) in [5.74, 6) is 0.899. The molecule has 8 nitrogen and oxygen atoms in total. The molecule has 0 fully saturated rings. The lowest BCUT2D eigenvalue weighted by Gasteiger charge is -2.26. The summed E-state index contributed by atoms with van der Waals surface area (Å²) in [7, 11) is -1.19. The Bertz CT molecular complexity index is 1580. The molecule has 0 radical (unpaired) electrons. The summed E-state index contributed by atoms with van der Waals surface area (Å²) in [5.41, 5.74) is 1.28. The highest BCUT2D eigenvalue weighted by Gasteiger charge is 2.30. The molecule has 202 valence electrons. The number of anilines is 2. The van der Waals surface area contributed by atoms with E-state index in [4.69, 9.17) is 25.8 Å². The van der Waals surface area contributed by atoms with Crippen LogP contribution in [0.15, 0.2) is 95.9 Å². The lowest BCUT2D eigenvalue weighted by Crippen LogP contribution is -2.38. The maximum atomic E-state index is 13.8. The fourth-order valence-electron chi connectivity index (χ4n) is 3.84. The van der Waals surface area contributed by atoms with E-state index in [2.05, 4.69) is 5.32 Å². The van der Waals surface area contributed by atoms with Gasteiger partial charge in [-0.25, -0.2) is 8.42 Å². The van der Waals surface area contributed by atoms with Crippen LogP contribution in [0.2, 0.25) is 5.02 Å². The van der Waals surface area contributed by atoms with Gasteiger partial charge in [0.25, 0.3) is 10.0 Å². The lowest BCUT2D eigenvalue weighted by atomic mass is 10.2. The number of rotatable bonds is 10. The third kappa shape index (κ3) is 6.45. The molecule has 39 heavy (non-hydrogen) atoms. The van der Waals surface area contributed by atoms with Gasteiger partial charge in [0.1, 0.15) is 12.3 Å². The summed E-state index contributed by atoms with van der Waals surface area (Å²) >= 11 is 6.22. The number of benzene rings is 4. The van der Waals surface area contributed by atoms with Crippen LogP contribution in [-0.2, 0) is 14.8 Å². The van der Waals surface area contributed by atoms with Gasteiger partial charge in [-0.05, 0) is 67.1 Å². The minimum Gasteiger partial charge on any atom is -0.495 e. The van der Waals surface area contributed by atoms with Crippen LogP contribution >= 0.6 is 11.6 Å². The smallest absolute Gasteiger partial charge is 0.264 e. The molecule has 0 unspecified atom stereocenters.